The third-order valence-corrected chi connectivity index (χ3v) is 5.38. The molecule has 5 nitrogen and oxygen atoms in total. The van der Waals surface area contributed by atoms with E-state index in [0.29, 0.717) is 18.0 Å². The summed E-state index contributed by atoms with van der Waals surface area (Å²) in [5.41, 5.74) is -0.467. The predicted octanol–water partition coefficient (Wildman–Crippen LogP) is 0.696. The standard InChI is InChI=1S/C16H29N3O2/c1-12-10-19(9-8-18(12)2)11-16(13-4-5-13,15(20)21-3)17-14-6-7-14/h12-14,17H,4-11H2,1-3H3. The normalized spacial score (nSPS) is 30.9. The van der Waals surface area contributed by atoms with Gasteiger partial charge in [0.05, 0.1) is 7.11 Å². The van der Waals surface area contributed by atoms with E-state index in [-0.39, 0.29) is 5.97 Å². The summed E-state index contributed by atoms with van der Waals surface area (Å²) in [6, 6.07) is 1.07. The molecule has 1 aliphatic heterocycles. The molecule has 0 spiro atoms. The van der Waals surface area contributed by atoms with E-state index in [1.54, 1.807) is 0 Å². The van der Waals surface area contributed by atoms with Crippen LogP contribution in [0.1, 0.15) is 32.6 Å². The topological polar surface area (TPSA) is 44.8 Å². The fourth-order valence-corrected chi connectivity index (χ4v) is 3.55. The van der Waals surface area contributed by atoms with E-state index in [9.17, 15) is 4.79 Å². The number of hydrogen-bond donors (Lipinski definition) is 1. The Balaban J connectivity index is 1.73. The molecule has 2 saturated carbocycles. The van der Waals surface area contributed by atoms with Crippen LogP contribution in [0.4, 0.5) is 0 Å². The molecule has 3 rings (SSSR count). The van der Waals surface area contributed by atoms with Gasteiger partial charge >= 0.3 is 5.97 Å². The summed E-state index contributed by atoms with van der Waals surface area (Å²) in [5.74, 6) is 0.406. The predicted molar refractivity (Wildman–Crippen MR) is 82.2 cm³/mol. The number of carbonyl (C=O) groups is 1. The van der Waals surface area contributed by atoms with Crippen molar-refractivity contribution in [1.82, 2.24) is 15.1 Å². The molecule has 1 saturated heterocycles. The number of esters is 1. The number of nitrogens with one attached hydrogen (secondary N) is 1. The van der Waals surface area contributed by atoms with Gasteiger partial charge in [0, 0.05) is 38.3 Å². The van der Waals surface area contributed by atoms with Gasteiger partial charge < -0.3 is 9.64 Å². The summed E-state index contributed by atoms with van der Waals surface area (Å²) in [6.07, 6.45) is 4.70. The minimum atomic E-state index is -0.467. The van der Waals surface area contributed by atoms with Crippen molar-refractivity contribution in [2.24, 2.45) is 5.92 Å². The number of hydrogen-bond acceptors (Lipinski definition) is 5. The number of nitrogens with zero attached hydrogens (tertiary/aromatic N) is 2. The van der Waals surface area contributed by atoms with E-state index in [1.807, 2.05) is 0 Å². The average molecular weight is 295 g/mol. The number of methoxy groups -OCH3 is 1. The molecule has 2 aliphatic carbocycles. The van der Waals surface area contributed by atoms with Crippen LogP contribution in [0.15, 0.2) is 0 Å². The first-order chi connectivity index (χ1) is 10.0. The van der Waals surface area contributed by atoms with Crippen LogP contribution >= 0.6 is 0 Å². The van der Waals surface area contributed by atoms with Gasteiger partial charge in [0.2, 0.25) is 0 Å². The SMILES string of the molecule is COC(=O)C(CN1CCN(C)C(C)C1)(NC1CC1)C1CC1. The Morgan fingerprint density at radius 3 is 2.52 bits per heavy atom. The Bertz CT molecular complexity index is 395. The minimum Gasteiger partial charge on any atom is -0.468 e. The monoisotopic (exact) mass is 295 g/mol. The number of piperazine rings is 1. The highest BCUT2D eigenvalue weighted by molar-refractivity contribution is 5.82. The van der Waals surface area contributed by atoms with E-state index in [0.717, 1.165) is 39.0 Å². The molecule has 5 heteroatoms. The van der Waals surface area contributed by atoms with Crippen molar-refractivity contribution in [2.75, 3.05) is 40.3 Å². The Labute approximate surface area is 128 Å². The maximum Gasteiger partial charge on any atom is 0.327 e. The lowest BCUT2D eigenvalue weighted by molar-refractivity contribution is -0.151. The van der Waals surface area contributed by atoms with E-state index >= 15 is 0 Å². The van der Waals surface area contributed by atoms with Crippen molar-refractivity contribution in [3.8, 4) is 0 Å². The van der Waals surface area contributed by atoms with Gasteiger partial charge in [0.1, 0.15) is 5.54 Å². The van der Waals surface area contributed by atoms with Gasteiger partial charge in [-0.1, -0.05) is 0 Å². The summed E-state index contributed by atoms with van der Waals surface area (Å²) >= 11 is 0. The molecule has 0 bridgehead atoms. The van der Waals surface area contributed by atoms with Crippen LogP contribution in [0.5, 0.6) is 0 Å². The smallest absolute Gasteiger partial charge is 0.327 e. The van der Waals surface area contributed by atoms with Crippen molar-refractivity contribution in [1.29, 1.82) is 0 Å². The Morgan fingerprint density at radius 2 is 2.00 bits per heavy atom. The lowest BCUT2D eigenvalue weighted by Crippen LogP contribution is -2.64. The van der Waals surface area contributed by atoms with Crippen LogP contribution in [0, 0.1) is 5.92 Å². The minimum absolute atomic E-state index is 0.0523. The second-order valence-electron chi connectivity index (χ2n) is 7.22. The molecule has 2 atom stereocenters. The van der Waals surface area contributed by atoms with Crippen molar-refractivity contribution in [3.63, 3.8) is 0 Å². The van der Waals surface area contributed by atoms with Crippen LogP contribution in [-0.4, -0.2) is 73.7 Å². The molecular weight excluding hydrogens is 266 g/mol. The molecule has 0 amide bonds. The molecule has 1 heterocycles. The highest BCUT2D eigenvalue weighted by Crippen LogP contribution is 2.43. The van der Waals surface area contributed by atoms with Crippen molar-refractivity contribution in [3.05, 3.63) is 0 Å². The van der Waals surface area contributed by atoms with Gasteiger partial charge in [0.15, 0.2) is 0 Å². The Hall–Kier alpha value is -0.650. The van der Waals surface area contributed by atoms with Gasteiger partial charge in [-0.05, 0) is 45.6 Å². The largest absolute Gasteiger partial charge is 0.468 e. The second kappa shape index (κ2) is 5.86. The summed E-state index contributed by atoms with van der Waals surface area (Å²) in [7, 11) is 3.71. The molecule has 0 radical (unpaired) electrons. The highest BCUT2D eigenvalue weighted by atomic mass is 16.5. The van der Waals surface area contributed by atoms with Crippen molar-refractivity contribution >= 4 is 5.97 Å². The third kappa shape index (κ3) is 3.25. The summed E-state index contributed by atoms with van der Waals surface area (Å²) in [4.78, 5) is 17.4. The lowest BCUT2D eigenvalue weighted by Gasteiger charge is -2.43. The zero-order valence-corrected chi connectivity index (χ0v) is 13.6. The average Bonchev–Trinajstić information content (AvgIpc) is 3.33. The van der Waals surface area contributed by atoms with Gasteiger partial charge in [-0.2, -0.15) is 0 Å². The maximum absolute atomic E-state index is 12.6. The first kappa shape index (κ1) is 15.3. The number of rotatable bonds is 6. The molecule has 21 heavy (non-hydrogen) atoms. The summed E-state index contributed by atoms with van der Waals surface area (Å²) in [6.45, 7) is 6.22. The van der Waals surface area contributed by atoms with E-state index in [2.05, 4.69) is 29.1 Å². The maximum atomic E-state index is 12.6. The Kier molecular flexibility index (Phi) is 4.26. The lowest BCUT2D eigenvalue weighted by atomic mass is 9.91. The van der Waals surface area contributed by atoms with Crippen LogP contribution < -0.4 is 5.32 Å². The van der Waals surface area contributed by atoms with Crippen LogP contribution in [0.2, 0.25) is 0 Å². The second-order valence-corrected chi connectivity index (χ2v) is 7.22. The number of ether oxygens (including phenoxy) is 1. The molecule has 1 N–H and O–H groups in total. The number of carbonyl (C=O) groups excluding carboxylic acids is 1. The van der Waals surface area contributed by atoms with Gasteiger partial charge in [-0.25, -0.2) is 4.79 Å². The van der Waals surface area contributed by atoms with E-state index in [4.69, 9.17) is 4.74 Å². The molecule has 3 fully saturated rings. The van der Waals surface area contributed by atoms with E-state index in [1.165, 1.54) is 20.0 Å². The molecule has 0 aromatic heterocycles. The zero-order chi connectivity index (χ0) is 15.0. The highest BCUT2D eigenvalue weighted by Gasteiger charge is 2.54. The quantitative estimate of drug-likeness (QED) is 0.731. The van der Waals surface area contributed by atoms with Crippen molar-refractivity contribution in [2.45, 2.75) is 50.2 Å². The summed E-state index contributed by atoms with van der Waals surface area (Å²) in [5, 5.41) is 3.66. The molecular formula is C16H29N3O2. The van der Waals surface area contributed by atoms with Crippen LogP contribution in [-0.2, 0) is 9.53 Å². The van der Waals surface area contributed by atoms with Crippen LogP contribution in [0.3, 0.4) is 0 Å². The van der Waals surface area contributed by atoms with Crippen LogP contribution in [0.25, 0.3) is 0 Å². The summed E-state index contributed by atoms with van der Waals surface area (Å²) < 4.78 is 5.20. The fraction of sp³-hybridized carbons (Fsp3) is 0.938. The molecule has 3 aliphatic rings. The Morgan fingerprint density at radius 1 is 1.29 bits per heavy atom. The first-order valence-corrected chi connectivity index (χ1v) is 8.34. The molecule has 2 unspecified atom stereocenters. The van der Waals surface area contributed by atoms with Gasteiger partial charge in [-0.15, -0.1) is 0 Å². The van der Waals surface area contributed by atoms with Crippen molar-refractivity contribution < 1.29 is 9.53 Å². The zero-order valence-electron chi connectivity index (χ0n) is 13.6. The number of likely N-dealkylation sites (N-methyl/N-ethyl adjacent to an activating group) is 1. The third-order valence-electron chi connectivity index (χ3n) is 5.38. The molecule has 120 valence electrons. The van der Waals surface area contributed by atoms with Gasteiger partial charge in [-0.3, -0.25) is 10.2 Å². The fourth-order valence-electron chi connectivity index (χ4n) is 3.55. The van der Waals surface area contributed by atoms with E-state index < -0.39 is 5.54 Å². The molecule has 0 aromatic carbocycles. The van der Waals surface area contributed by atoms with Gasteiger partial charge in [0.25, 0.3) is 0 Å². The first-order valence-electron chi connectivity index (χ1n) is 8.34. The molecule has 0 aromatic rings.